The number of hydrogen-bond donors (Lipinski definition) is 1. The summed E-state index contributed by atoms with van der Waals surface area (Å²) in [6, 6.07) is 8.56. The van der Waals surface area contributed by atoms with Gasteiger partial charge in [0.25, 0.3) is 0 Å². The van der Waals surface area contributed by atoms with Crippen molar-refractivity contribution in [1.82, 2.24) is 4.31 Å². The summed E-state index contributed by atoms with van der Waals surface area (Å²) < 4.78 is 29.1. The summed E-state index contributed by atoms with van der Waals surface area (Å²) in [7, 11) is -2.96. The smallest absolute Gasteiger partial charge is 0.321 e. The second-order valence-electron chi connectivity index (χ2n) is 3.98. The van der Waals surface area contributed by atoms with Crippen molar-refractivity contribution < 1.29 is 27.9 Å². The molecule has 0 aromatic heterocycles. The summed E-state index contributed by atoms with van der Waals surface area (Å²) in [6.07, 6.45) is 0. The molecule has 0 aliphatic rings. The molecule has 0 spiro atoms. The average Bonchev–Trinajstić information content (AvgIpc) is 2.37. The van der Waals surface area contributed by atoms with Crippen molar-refractivity contribution in [1.29, 1.82) is 0 Å². The topological polar surface area (TPSA) is 101 Å². The number of carboxylic acid groups (broad SMARTS) is 1. The summed E-state index contributed by atoms with van der Waals surface area (Å²) in [5, 5.41) is 8.63. The van der Waals surface area contributed by atoms with Crippen molar-refractivity contribution in [2.24, 2.45) is 0 Å². The van der Waals surface area contributed by atoms with Gasteiger partial charge in [0, 0.05) is 6.54 Å². The minimum atomic E-state index is -4.09. The van der Waals surface area contributed by atoms with Gasteiger partial charge in [0.1, 0.15) is 6.54 Å². The number of methoxy groups -OCH3 is 1. The van der Waals surface area contributed by atoms with Gasteiger partial charge < -0.3 is 9.84 Å². The first-order chi connectivity index (χ1) is 9.35. The van der Waals surface area contributed by atoms with Gasteiger partial charge in [0.15, 0.2) is 5.75 Å². The molecular formula is C12H15NO6S. The molecule has 0 amide bonds. The number of esters is 1. The van der Waals surface area contributed by atoms with Gasteiger partial charge in [-0.2, -0.15) is 4.31 Å². The van der Waals surface area contributed by atoms with Crippen molar-refractivity contribution in [3.05, 3.63) is 35.9 Å². The molecule has 1 rings (SSSR count). The first-order valence-electron chi connectivity index (χ1n) is 5.65. The normalized spacial score (nSPS) is 11.3. The number of carboxylic acids is 1. The van der Waals surface area contributed by atoms with Crippen molar-refractivity contribution >= 4 is 22.0 Å². The van der Waals surface area contributed by atoms with E-state index in [4.69, 9.17) is 5.11 Å². The Kier molecular flexibility index (Phi) is 5.66. The number of hydrogen-bond acceptors (Lipinski definition) is 5. The number of aliphatic carboxylic acids is 1. The summed E-state index contributed by atoms with van der Waals surface area (Å²) in [5.41, 5.74) is 0.644. The highest BCUT2D eigenvalue weighted by Gasteiger charge is 2.27. The molecule has 0 aliphatic carbocycles. The van der Waals surface area contributed by atoms with Crippen LogP contribution in [0.5, 0.6) is 0 Å². The van der Waals surface area contributed by atoms with E-state index in [-0.39, 0.29) is 6.54 Å². The fraction of sp³-hybridized carbons (Fsp3) is 0.333. The van der Waals surface area contributed by atoms with Gasteiger partial charge in [-0.1, -0.05) is 30.3 Å². The Morgan fingerprint density at radius 1 is 1.25 bits per heavy atom. The van der Waals surface area contributed by atoms with Gasteiger partial charge >= 0.3 is 11.9 Å². The standard InChI is InChI=1S/C12H15NO6S/c1-19-12(16)8-13(20(17,18)9-11(14)15)7-10-5-3-2-4-6-10/h2-6H,7-9H2,1H3,(H,14,15). The zero-order valence-electron chi connectivity index (χ0n) is 10.9. The van der Waals surface area contributed by atoms with E-state index < -0.39 is 34.3 Å². The van der Waals surface area contributed by atoms with Gasteiger partial charge in [-0.3, -0.25) is 9.59 Å². The van der Waals surface area contributed by atoms with E-state index in [1.807, 2.05) is 0 Å². The Bertz CT molecular complexity index is 569. The quantitative estimate of drug-likeness (QED) is 0.716. The Morgan fingerprint density at radius 3 is 2.35 bits per heavy atom. The Hall–Kier alpha value is -1.93. The zero-order valence-corrected chi connectivity index (χ0v) is 11.7. The third-order valence-corrected chi connectivity index (χ3v) is 4.09. The van der Waals surface area contributed by atoms with Crippen LogP contribution in [0.15, 0.2) is 30.3 Å². The van der Waals surface area contributed by atoms with Crippen molar-refractivity contribution in [2.75, 3.05) is 19.4 Å². The molecule has 0 fully saturated rings. The number of rotatable bonds is 7. The van der Waals surface area contributed by atoms with E-state index >= 15 is 0 Å². The Labute approximate surface area is 116 Å². The molecule has 0 radical (unpaired) electrons. The van der Waals surface area contributed by atoms with Crippen LogP contribution in [-0.4, -0.2) is 49.2 Å². The van der Waals surface area contributed by atoms with Crippen LogP contribution < -0.4 is 0 Å². The van der Waals surface area contributed by atoms with Crippen LogP contribution in [0.4, 0.5) is 0 Å². The number of carbonyl (C=O) groups excluding carboxylic acids is 1. The monoisotopic (exact) mass is 301 g/mol. The predicted octanol–water partition coefficient (Wildman–Crippen LogP) is 0.0760. The molecule has 20 heavy (non-hydrogen) atoms. The predicted molar refractivity (Wildman–Crippen MR) is 70.3 cm³/mol. The maximum absolute atomic E-state index is 11.9. The molecule has 0 aliphatic heterocycles. The van der Waals surface area contributed by atoms with Crippen LogP contribution in [0, 0.1) is 0 Å². The number of nitrogens with zero attached hydrogens (tertiary/aromatic N) is 1. The highest BCUT2D eigenvalue weighted by molar-refractivity contribution is 7.89. The van der Waals surface area contributed by atoms with Gasteiger partial charge in [-0.15, -0.1) is 0 Å². The third-order valence-electron chi connectivity index (χ3n) is 2.43. The number of ether oxygens (including phenoxy) is 1. The van der Waals surface area contributed by atoms with E-state index in [0.717, 1.165) is 11.4 Å². The molecule has 0 heterocycles. The van der Waals surface area contributed by atoms with Crippen molar-refractivity contribution in [3.8, 4) is 0 Å². The molecule has 1 N–H and O–H groups in total. The van der Waals surface area contributed by atoms with Crippen molar-refractivity contribution in [2.45, 2.75) is 6.54 Å². The first kappa shape index (κ1) is 16.1. The Morgan fingerprint density at radius 2 is 1.85 bits per heavy atom. The molecule has 0 unspecified atom stereocenters. The average molecular weight is 301 g/mol. The second-order valence-corrected chi connectivity index (χ2v) is 5.95. The Balaban J connectivity index is 2.96. The van der Waals surface area contributed by atoms with Crippen molar-refractivity contribution in [3.63, 3.8) is 0 Å². The largest absolute Gasteiger partial charge is 0.480 e. The molecule has 8 heteroatoms. The van der Waals surface area contributed by atoms with Gasteiger partial charge in [-0.25, -0.2) is 8.42 Å². The van der Waals surface area contributed by atoms with Crippen LogP contribution in [0.25, 0.3) is 0 Å². The van der Waals surface area contributed by atoms with E-state index in [2.05, 4.69) is 4.74 Å². The molecule has 110 valence electrons. The first-order valence-corrected chi connectivity index (χ1v) is 7.26. The molecule has 0 bridgehead atoms. The maximum Gasteiger partial charge on any atom is 0.321 e. The lowest BCUT2D eigenvalue weighted by molar-refractivity contribution is -0.141. The fourth-order valence-corrected chi connectivity index (χ4v) is 2.64. The third kappa shape index (κ3) is 4.98. The fourth-order valence-electron chi connectivity index (χ4n) is 1.50. The van der Waals surface area contributed by atoms with Crippen LogP contribution in [-0.2, 0) is 30.9 Å². The summed E-state index contributed by atoms with van der Waals surface area (Å²) in [5.74, 6) is -3.31. The lowest BCUT2D eigenvalue weighted by Crippen LogP contribution is -2.38. The van der Waals surface area contributed by atoms with Gasteiger partial charge in [0.05, 0.1) is 7.11 Å². The van der Waals surface area contributed by atoms with Crippen LogP contribution in [0.2, 0.25) is 0 Å². The lowest BCUT2D eigenvalue weighted by atomic mass is 10.2. The lowest BCUT2D eigenvalue weighted by Gasteiger charge is -2.20. The number of benzene rings is 1. The molecule has 7 nitrogen and oxygen atoms in total. The molecule has 0 atom stereocenters. The summed E-state index contributed by atoms with van der Waals surface area (Å²) in [6.45, 7) is -0.618. The molecule has 1 aromatic carbocycles. The van der Waals surface area contributed by atoms with E-state index in [1.54, 1.807) is 30.3 Å². The summed E-state index contributed by atoms with van der Waals surface area (Å²) >= 11 is 0. The van der Waals surface area contributed by atoms with Gasteiger partial charge in [-0.05, 0) is 5.56 Å². The van der Waals surface area contributed by atoms with E-state index in [0.29, 0.717) is 5.56 Å². The van der Waals surface area contributed by atoms with E-state index in [9.17, 15) is 18.0 Å². The minimum absolute atomic E-state index is 0.0917. The second kappa shape index (κ2) is 7.01. The highest BCUT2D eigenvalue weighted by Crippen LogP contribution is 2.10. The van der Waals surface area contributed by atoms with E-state index in [1.165, 1.54) is 0 Å². The van der Waals surface area contributed by atoms with Crippen LogP contribution in [0.3, 0.4) is 0 Å². The molecule has 1 aromatic rings. The van der Waals surface area contributed by atoms with Crippen LogP contribution >= 0.6 is 0 Å². The minimum Gasteiger partial charge on any atom is -0.480 e. The molecule has 0 saturated heterocycles. The number of sulfonamides is 1. The van der Waals surface area contributed by atoms with Gasteiger partial charge in [0.2, 0.25) is 10.0 Å². The maximum atomic E-state index is 11.9. The molecular weight excluding hydrogens is 286 g/mol. The SMILES string of the molecule is COC(=O)CN(Cc1ccccc1)S(=O)(=O)CC(=O)O. The summed E-state index contributed by atoms with van der Waals surface area (Å²) in [4.78, 5) is 21.9. The molecule has 0 saturated carbocycles. The zero-order chi connectivity index (χ0) is 15.2. The van der Waals surface area contributed by atoms with Crippen LogP contribution in [0.1, 0.15) is 5.56 Å². The highest BCUT2D eigenvalue weighted by atomic mass is 32.2. The number of carbonyl (C=O) groups is 2.